The van der Waals surface area contributed by atoms with Crippen molar-refractivity contribution in [2.24, 2.45) is 0 Å². The zero-order chi connectivity index (χ0) is 10.5. The zero-order valence-electron chi connectivity index (χ0n) is 8.29. The van der Waals surface area contributed by atoms with Gasteiger partial charge < -0.3 is 20.0 Å². The van der Waals surface area contributed by atoms with Crippen molar-refractivity contribution in [1.82, 2.24) is 10.8 Å². The fourth-order valence-electron chi connectivity index (χ4n) is 0.404. The highest BCUT2D eigenvalue weighted by Gasteiger charge is 1.89. The Kier molecular flexibility index (Phi) is 15.5. The molecule has 0 aromatic carbocycles. The van der Waals surface area contributed by atoms with E-state index in [1.807, 2.05) is 6.92 Å². The largest absolute Gasteiger partial charge is 0.465 e. The molecule has 0 saturated heterocycles. The fourth-order valence-corrected chi connectivity index (χ4v) is 0.404. The summed E-state index contributed by atoms with van der Waals surface area (Å²) in [5.74, 6) is 0. The Hall–Kier alpha value is -0.850. The number of carbonyl (C=O) groups is 1. The molecule has 0 rings (SSSR count). The normalized spacial score (nSPS) is 8.54. The van der Waals surface area contributed by atoms with Gasteiger partial charge in [-0.1, -0.05) is 6.92 Å². The van der Waals surface area contributed by atoms with Crippen LogP contribution in [-0.4, -0.2) is 45.1 Å². The third kappa shape index (κ3) is 24.7. The van der Waals surface area contributed by atoms with Crippen LogP contribution in [0.2, 0.25) is 0 Å². The number of ether oxygens (including phenoxy) is 1. The Bertz CT molecular complexity index is 109. The highest BCUT2D eigenvalue weighted by molar-refractivity contribution is 5.64. The van der Waals surface area contributed by atoms with Gasteiger partial charge in [-0.3, -0.25) is 0 Å². The van der Waals surface area contributed by atoms with Gasteiger partial charge in [0.1, 0.15) is 0 Å². The van der Waals surface area contributed by atoms with E-state index in [0.29, 0.717) is 13.2 Å². The summed E-state index contributed by atoms with van der Waals surface area (Å²) in [6.07, 6.45) is -1.01. The van der Waals surface area contributed by atoms with E-state index < -0.39 is 6.09 Å². The maximum Gasteiger partial charge on any atom is 0.404 e. The van der Waals surface area contributed by atoms with E-state index in [1.165, 1.54) is 7.11 Å². The van der Waals surface area contributed by atoms with Gasteiger partial charge in [0.25, 0.3) is 0 Å². The van der Waals surface area contributed by atoms with Gasteiger partial charge >= 0.3 is 6.09 Å². The summed E-state index contributed by atoms with van der Waals surface area (Å²) in [6.45, 7) is 3.62. The first-order chi connectivity index (χ1) is 6.18. The molecule has 0 unspecified atom stereocenters. The van der Waals surface area contributed by atoms with Crippen molar-refractivity contribution in [3.8, 4) is 0 Å². The van der Waals surface area contributed by atoms with E-state index in [4.69, 9.17) is 5.11 Å². The molecular weight excluding hydrogens is 176 g/mol. The molecule has 0 heterocycles. The second-order valence-corrected chi connectivity index (χ2v) is 1.93. The van der Waals surface area contributed by atoms with Crippen LogP contribution in [0.3, 0.4) is 0 Å². The number of carboxylic acid groups (broad SMARTS) is 1. The molecular formula is C7H18N2O4. The summed E-state index contributed by atoms with van der Waals surface area (Å²) >= 11 is 0. The fraction of sp³-hybridized carbons (Fsp3) is 0.857. The third-order valence-corrected chi connectivity index (χ3v) is 0.871. The molecule has 0 spiro atoms. The first-order valence-corrected chi connectivity index (χ1v) is 3.90. The van der Waals surface area contributed by atoms with E-state index in [9.17, 15) is 4.79 Å². The summed E-state index contributed by atoms with van der Waals surface area (Å²) in [4.78, 5) is 14.1. The average Bonchev–Trinajstić information content (AvgIpc) is 2.07. The van der Waals surface area contributed by atoms with Crippen molar-refractivity contribution in [3.63, 3.8) is 0 Å². The highest BCUT2D eigenvalue weighted by Crippen LogP contribution is 1.63. The molecule has 0 aliphatic rings. The van der Waals surface area contributed by atoms with Crippen molar-refractivity contribution in [3.05, 3.63) is 0 Å². The standard InChI is InChI=1S/C4H9NO3.C3H9NO/c1-8-3-2-5-4(6)7;1-3-4-5-2/h5H,2-3H2,1H3,(H,6,7);4H,3H2,1-2H3. The summed E-state index contributed by atoms with van der Waals surface area (Å²) in [5, 5.41) is 10.1. The molecule has 0 fully saturated rings. The molecule has 6 heteroatoms. The molecule has 0 aliphatic heterocycles. The number of methoxy groups -OCH3 is 1. The number of hydrogen-bond donors (Lipinski definition) is 3. The van der Waals surface area contributed by atoms with Crippen molar-refractivity contribution in [1.29, 1.82) is 0 Å². The average molecular weight is 194 g/mol. The summed E-state index contributed by atoms with van der Waals surface area (Å²) < 4.78 is 4.57. The molecule has 0 saturated carbocycles. The van der Waals surface area contributed by atoms with E-state index in [1.54, 1.807) is 7.11 Å². The summed E-state index contributed by atoms with van der Waals surface area (Å²) in [7, 11) is 3.12. The predicted molar refractivity (Wildman–Crippen MR) is 48.6 cm³/mol. The molecule has 6 nitrogen and oxygen atoms in total. The topological polar surface area (TPSA) is 79.8 Å². The van der Waals surface area contributed by atoms with Crippen LogP contribution in [0.5, 0.6) is 0 Å². The Labute approximate surface area is 78.2 Å². The SMILES string of the molecule is CCNOC.COCCNC(=O)O. The monoisotopic (exact) mass is 194 g/mol. The van der Waals surface area contributed by atoms with Gasteiger partial charge in [-0.15, -0.1) is 0 Å². The summed E-state index contributed by atoms with van der Waals surface area (Å²) in [5.41, 5.74) is 2.61. The van der Waals surface area contributed by atoms with Crippen molar-refractivity contribution in [2.45, 2.75) is 6.92 Å². The van der Waals surface area contributed by atoms with Crippen molar-refractivity contribution in [2.75, 3.05) is 33.9 Å². The lowest BCUT2D eigenvalue weighted by molar-refractivity contribution is 0.0962. The van der Waals surface area contributed by atoms with Crippen molar-refractivity contribution < 1.29 is 19.5 Å². The van der Waals surface area contributed by atoms with Gasteiger partial charge in [-0.2, -0.15) is 0 Å². The first kappa shape index (κ1) is 14.7. The Balaban J connectivity index is 0. The molecule has 0 radical (unpaired) electrons. The van der Waals surface area contributed by atoms with Crippen LogP contribution in [0.1, 0.15) is 6.92 Å². The van der Waals surface area contributed by atoms with Gasteiger partial charge in [0.05, 0.1) is 13.7 Å². The van der Waals surface area contributed by atoms with Crippen LogP contribution in [0.4, 0.5) is 4.79 Å². The summed E-state index contributed by atoms with van der Waals surface area (Å²) in [6, 6.07) is 0. The third-order valence-electron chi connectivity index (χ3n) is 0.871. The van der Waals surface area contributed by atoms with Crippen LogP contribution >= 0.6 is 0 Å². The highest BCUT2D eigenvalue weighted by atomic mass is 16.6. The van der Waals surface area contributed by atoms with Crippen LogP contribution in [-0.2, 0) is 9.57 Å². The van der Waals surface area contributed by atoms with Crippen LogP contribution in [0, 0.1) is 0 Å². The predicted octanol–water partition coefficient (Wildman–Crippen LogP) is 0.0577. The van der Waals surface area contributed by atoms with Gasteiger partial charge in [-0.05, 0) is 0 Å². The minimum atomic E-state index is -1.01. The second-order valence-electron chi connectivity index (χ2n) is 1.93. The molecule has 0 aromatic heterocycles. The first-order valence-electron chi connectivity index (χ1n) is 3.90. The van der Waals surface area contributed by atoms with Gasteiger partial charge in [0.2, 0.25) is 0 Å². The molecule has 13 heavy (non-hydrogen) atoms. The number of amides is 1. The van der Waals surface area contributed by atoms with Gasteiger partial charge in [0.15, 0.2) is 0 Å². The number of rotatable bonds is 5. The van der Waals surface area contributed by atoms with E-state index >= 15 is 0 Å². The van der Waals surface area contributed by atoms with Crippen LogP contribution in [0.25, 0.3) is 0 Å². The smallest absolute Gasteiger partial charge is 0.404 e. The van der Waals surface area contributed by atoms with E-state index in [2.05, 4.69) is 20.4 Å². The van der Waals surface area contributed by atoms with E-state index in [0.717, 1.165) is 6.54 Å². The molecule has 0 bridgehead atoms. The van der Waals surface area contributed by atoms with Crippen LogP contribution < -0.4 is 10.8 Å². The molecule has 0 atom stereocenters. The second kappa shape index (κ2) is 13.7. The lowest BCUT2D eigenvalue weighted by Gasteiger charge is -1.96. The van der Waals surface area contributed by atoms with E-state index in [-0.39, 0.29) is 0 Å². The van der Waals surface area contributed by atoms with Crippen molar-refractivity contribution >= 4 is 6.09 Å². The Morgan fingerprint density at radius 1 is 1.46 bits per heavy atom. The number of hydroxylamine groups is 1. The van der Waals surface area contributed by atoms with Gasteiger partial charge in [-0.25, -0.2) is 10.3 Å². The maximum atomic E-state index is 9.71. The number of nitrogens with one attached hydrogen (secondary N) is 2. The zero-order valence-corrected chi connectivity index (χ0v) is 8.29. The van der Waals surface area contributed by atoms with Gasteiger partial charge in [0, 0.05) is 20.2 Å². The lowest BCUT2D eigenvalue weighted by atomic mass is 10.7. The molecule has 0 aliphatic carbocycles. The minimum Gasteiger partial charge on any atom is -0.465 e. The lowest BCUT2D eigenvalue weighted by Crippen LogP contribution is -2.24. The quantitative estimate of drug-likeness (QED) is 0.426. The molecule has 0 aromatic rings. The Morgan fingerprint density at radius 3 is 2.31 bits per heavy atom. The minimum absolute atomic E-state index is 0.353. The number of hydrogen-bond acceptors (Lipinski definition) is 4. The Morgan fingerprint density at radius 2 is 2.08 bits per heavy atom. The molecule has 80 valence electrons. The maximum absolute atomic E-state index is 9.71. The molecule has 1 amide bonds. The molecule has 3 N–H and O–H groups in total. The van der Waals surface area contributed by atoms with Crippen LogP contribution in [0.15, 0.2) is 0 Å².